The van der Waals surface area contributed by atoms with Crippen LogP contribution in [-0.4, -0.2) is 124 Å². The molecular formula is C47H53ClN8O5. The van der Waals surface area contributed by atoms with E-state index < -0.39 is 11.9 Å². The number of anilines is 1. The molecule has 1 aromatic heterocycles. The first-order valence-corrected chi connectivity index (χ1v) is 22.2. The largest absolute Gasteiger partial charge is 0.490 e. The Hall–Kier alpha value is -5.37. The minimum Gasteiger partial charge on any atom is -0.490 e. The highest BCUT2D eigenvalue weighted by atomic mass is 35.5. The van der Waals surface area contributed by atoms with Crippen molar-refractivity contribution in [1.29, 1.82) is 0 Å². The van der Waals surface area contributed by atoms with Gasteiger partial charge in [0.1, 0.15) is 17.9 Å². The molecule has 3 atom stereocenters. The van der Waals surface area contributed by atoms with E-state index in [9.17, 15) is 19.2 Å². The lowest BCUT2D eigenvalue weighted by atomic mass is 9.84. The molecule has 3 saturated heterocycles. The number of hydrogen-bond acceptors (Lipinski definition) is 10. The molecule has 4 aromatic rings. The number of piperazine rings is 1. The zero-order valence-corrected chi connectivity index (χ0v) is 35.2. The third kappa shape index (κ3) is 9.44. The SMILES string of the molecule is O=C1CCC(N2Cc3cc(OC4CCN(CCN5CCN(C(=O)[C@H]6CCCC(Nc7ncc(Cl)c(-c8cccc(-c9ccccc9)c8)n7)C6)CC5)CC4)ccc3C2=O)C(=O)N1. The number of ether oxygens (including phenoxy) is 1. The summed E-state index contributed by atoms with van der Waals surface area (Å²) in [6, 6.07) is 23.5. The summed E-state index contributed by atoms with van der Waals surface area (Å²) >= 11 is 6.63. The molecule has 318 valence electrons. The summed E-state index contributed by atoms with van der Waals surface area (Å²) < 4.78 is 6.39. The topological polar surface area (TPSA) is 140 Å². The van der Waals surface area contributed by atoms with Crippen LogP contribution in [0.4, 0.5) is 5.95 Å². The van der Waals surface area contributed by atoms with Crippen LogP contribution in [0.5, 0.6) is 5.75 Å². The number of halogens is 1. The van der Waals surface area contributed by atoms with Crippen LogP contribution >= 0.6 is 11.6 Å². The van der Waals surface area contributed by atoms with E-state index in [2.05, 4.69) is 54.6 Å². The molecule has 2 N–H and O–H groups in total. The lowest BCUT2D eigenvalue weighted by molar-refractivity contribution is -0.139. The molecule has 13 nitrogen and oxygen atoms in total. The third-order valence-electron chi connectivity index (χ3n) is 13.1. The van der Waals surface area contributed by atoms with Gasteiger partial charge in [0.2, 0.25) is 23.7 Å². The van der Waals surface area contributed by atoms with E-state index in [1.54, 1.807) is 17.2 Å². The van der Waals surface area contributed by atoms with Gasteiger partial charge in [-0.2, -0.15) is 0 Å². The van der Waals surface area contributed by atoms with Crippen LogP contribution in [0.25, 0.3) is 22.4 Å². The number of aromatic nitrogens is 2. The second-order valence-electron chi connectivity index (χ2n) is 17.1. The van der Waals surface area contributed by atoms with Gasteiger partial charge >= 0.3 is 0 Å². The summed E-state index contributed by atoms with van der Waals surface area (Å²) in [7, 11) is 0. The van der Waals surface area contributed by atoms with Gasteiger partial charge in [-0.05, 0) is 79.5 Å². The smallest absolute Gasteiger partial charge is 0.255 e. The zero-order chi connectivity index (χ0) is 41.9. The summed E-state index contributed by atoms with van der Waals surface area (Å²) in [5.41, 5.74) is 5.29. The molecule has 5 heterocycles. The van der Waals surface area contributed by atoms with Crippen molar-refractivity contribution in [1.82, 2.24) is 34.9 Å². The molecule has 61 heavy (non-hydrogen) atoms. The van der Waals surface area contributed by atoms with Crippen molar-refractivity contribution in [2.75, 3.05) is 57.7 Å². The fraction of sp³-hybridized carbons (Fsp3) is 0.447. The van der Waals surface area contributed by atoms with Gasteiger partial charge in [0.15, 0.2) is 0 Å². The Morgan fingerprint density at radius 1 is 0.820 bits per heavy atom. The number of fused-ring (bicyclic) bond motifs is 1. The summed E-state index contributed by atoms with van der Waals surface area (Å²) in [5.74, 6) is 0.667. The Balaban J connectivity index is 0.698. The Morgan fingerprint density at radius 3 is 2.36 bits per heavy atom. The first kappa shape index (κ1) is 41.0. The molecule has 4 fully saturated rings. The average molecular weight is 845 g/mol. The molecule has 3 aromatic carbocycles. The van der Waals surface area contributed by atoms with Crippen molar-refractivity contribution in [2.24, 2.45) is 5.92 Å². The number of likely N-dealkylation sites (tertiary alicyclic amines) is 1. The Bertz CT molecular complexity index is 2260. The summed E-state index contributed by atoms with van der Waals surface area (Å²) in [5, 5.41) is 6.40. The maximum Gasteiger partial charge on any atom is 0.255 e. The van der Waals surface area contributed by atoms with E-state index in [0.29, 0.717) is 35.2 Å². The van der Waals surface area contributed by atoms with E-state index >= 15 is 0 Å². The van der Waals surface area contributed by atoms with Gasteiger partial charge in [-0.3, -0.25) is 29.4 Å². The zero-order valence-electron chi connectivity index (χ0n) is 34.4. The van der Waals surface area contributed by atoms with E-state index in [1.807, 2.05) is 42.5 Å². The minimum absolute atomic E-state index is 0.0116. The van der Waals surface area contributed by atoms with Crippen LogP contribution in [0, 0.1) is 5.92 Å². The number of rotatable bonds is 11. The van der Waals surface area contributed by atoms with Crippen molar-refractivity contribution in [2.45, 2.75) is 76.1 Å². The third-order valence-corrected chi connectivity index (χ3v) is 13.4. The number of carbonyl (C=O) groups excluding carboxylic acids is 4. The minimum atomic E-state index is -0.625. The van der Waals surface area contributed by atoms with Crippen molar-refractivity contribution < 1.29 is 23.9 Å². The summed E-state index contributed by atoms with van der Waals surface area (Å²) in [4.78, 5) is 68.9. The van der Waals surface area contributed by atoms with Crippen molar-refractivity contribution in [3.63, 3.8) is 0 Å². The van der Waals surface area contributed by atoms with Crippen molar-refractivity contribution >= 4 is 41.2 Å². The lowest BCUT2D eigenvalue weighted by Gasteiger charge is -2.39. The van der Waals surface area contributed by atoms with Crippen LogP contribution in [0.1, 0.15) is 67.3 Å². The van der Waals surface area contributed by atoms with Crippen molar-refractivity contribution in [3.05, 3.63) is 95.1 Å². The number of hydrogen-bond donors (Lipinski definition) is 2. The molecule has 5 aliphatic rings. The van der Waals surface area contributed by atoms with Crippen LogP contribution < -0.4 is 15.4 Å². The fourth-order valence-electron chi connectivity index (χ4n) is 9.64. The number of nitrogens with zero attached hydrogens (tertiary/aromatic N) is 6. The predicted octanol–water partition coefficient (Wildman–Crippen LogP) is 5.88. The van der Waals surface area contributed by atoms with Gasteiger partial charge in [-0.25, -0.2) is 9.97 Å². The molecule has 4 amide bonds. The molecule has 0 radical (unpaired) electrons. The Morgan fingerprint density at radius 2 is 1.57 bits per heavy atom. The fourth-order valence-corrected chi connectivity index (χ4v) is 9.84. The van der Waals surface area contributed by atoms with E-state index in [0.717, 1.165) is 119 Å². The predicted molar refractivity (Wildman–Crippen MR) is 233 cm³/mol. The highest BCUT2D eigenvalue weighted by molar-refractivity contribution is 6.33. The van der Waals surface area contributed by atoms with Crippen LogP contribution in [0.2, 0.25) is 5.02 Å². The van der Waals surface area contributed by atoms with Crippen LogP contribution in [-0.2, 0) is 20.9 Å². The summed E-state index contributed by atoms with van der Waals surface area (Å²) in [6.07, 6.45) is 7.81. The van der Waals surface area contributed by atoms with Gasteiger partial charge < -0.3 is 24.8 Å². The van der Waals surface area contributed by atoms with Crippen LogP contribution in [0.3, 0.4) is 0 Å². The Labute approximate surface area is 361 Å². The Kier molecular flexibility index (Phi) is 12.3. The number of nitrogens with one attached hydrogen (secondary N) is 2. The number of amides is 4. The molecule has 0 spiro atoms. The van der Waals surface area contributed by atoms with Gasteiger partial charge in [-0.1, -0.05) is 66.6 Å². The van der Waals surface area contributed by atoms with Gasteiger partial charge in [0.05, 0.1) is 16.9 Å². The normalized spacial score (nSPS) is 22.8. The molecule has 1 aliphatic carbocycles. The van der Waals surface area contributed by atoms with Crippen molar-refractivity contribution in [3.8, 4) is 28.1 Å². The molecule has 9 rings (SSSR count). The number of imide groups is 1. The number of benzene rings is 3. The average Bonchev–Trinajstić information content (AvgIpc) is 3.61. The molecule has 2 unspecified atom stereocenters. The van der Waals surface area contributed by atoms with E-state index in [1.165, 1.54) is 0 Å². The number of carbonyl (C=O) groups is 4. The summed E-state index contributed by atoms with van der Waals surface area (Å²) in [6.45, 7) is 7.49. The first-order chi connectivity index (χ1) is 29.7. The second kappa shape index (κ2) is 18.3. The van der Waals surface area contributed by atoms with E-state index in [4.69, 9.17) is 21.3 Å². The maximum atomic E-state index is 13.8. The first-order valence-electron chi connectivity index (χ1n) is 21.9. The second-order valence-corrected chi connectivity index (χ2v) is 17.5. The van der Waals surface area contributed by atoms with Crippen LogP contribution in [0.15, 0.2) is 79.0 Å². The van der Waals surface area contributed by atoms with Gasteiger partial charge in [-0.15, -0.1) is 0 Å². The molecular weight excluding hydrogens is 792 g/mol. The molecule has 1 saturated carbocycles. The molecule has 14 heteroatoms. The molecule has 0 bridgehead atoms. The number of piperidine rings is 2. The lowest BCUT2D eigenvalue weighted by Crippen LogP contribution is -2.52. The monoisotopic (exact) mass is 844 g/mol. The highest BCUT2D eigenvalue weighted by Crippen LogP contribution is 2.34. The quantitative estimate of drug-likeness (QED) is 0.176. The van der Waals surface area contributed by atoms with Gasteiger partial charge in [0, 0.05) is 88.4 Å². The highest BCUT2D eigenvalue weighted by Gasteiger charge is 2.39. The maximum absolute atomic E-state index is 13.8. The van der Waals surface area contributed by atoms with E-state index in [-0.39, 0.29) is 42.2 Å². The standard InChI is InChI=1S/C47H53ClN8O5/c48-40-29-49-47(52-43(40)33-9-4-8-32(26-33)31-6-2-1-3-7-31)50-36-11-5-10-34(27-36)45(59)55-24-22-54(23-25-55)21-20-53-18-16-37(17-19-53)61-38-12-13-39-35(28-38)30-56(46(39)60)41-14-15-42(57)51-44(41)58/h1-4,6-9,12-13,26,28-29,34,36-37,41H,5,10-11,14-25,27,30H2,(H,49,50,52)(H,51,57,58)/t34-,36?,41?/m0/s1. The van der Waals surface area contributed by atoms with Gasteiger partial charge in [0.25, 0.3) is 5.91 Å². The molecule has 4 aliphatic heterocycles.